The Hall–Kier alpha value is -2.87. The smallest absolute Gasteiger partial charge is 0.250 e. The summed E-state index contributed by atoms with van der Waals surface area (Å²) < 4.78 is 1.81. The van der Waals surface area contributed by atoms with Crippen molar-refractivity contribution in [3.63, 3.8) is 0 Å². The van der Waals surface area contributed by atoms with E-state index >= 15 is 0 Å². The molecule has 2 aliphatic heterocycles. The Balaban J connectivity index is 1.69. The molecular formula is C19H17N3O2. The maximum atomic E-state index is 13.2. The van der Waals surface area contributed by atoms with Crippen LogP contribution in [0.15, 0.2) is 36.5 Å². The zero-order valence-corrected chi connectivity index (χ0v) is 13.2. The highest BCUT2D eigenvalue weighted by atomic mass is 16.2. The molecule has 0 bridgehead atoms. The quantitative estimate of drug-likeness (QED) is 0.812. The van der Waals surface area contributed by atoms with Crippen LogP contribution in [-0.2, 0) is 11.2 Å². The van der Waals surface area contributed by atoms with Crippen molar-refractivity contribution in [2.75, 3.05) is 11.4 Å². The molecule has 1 unspecified atom stereocenters. The maximum absolute atomic E-state index is 13.2. The van der Waals surface area contributed by atoms with Crippen molar-refractivity contribution in [3.05, 3.63) is 53.3 Å². The van der Waals surface area contributed by atoms with E-state index in [1.807, 2.05) is 33.9 Å². The van der Waals surface area contributed by atoms with Gasteiger partial charge in [0.15, 0.2) is 5.78 Å². The second kappa shape index (κ2) is 5.64. The van der Waals surface area contributed by atoms with Crippen molar-refractivity contribution >= 4 is 17.4 Å². The fourth-order valence-electron chi connectivity index (χ4n) is 3.75. The number of aryl methyl sites for hydroxylation is 1. The molecule has 5 nitrogen and oxygen atoms in total. The molecule has 3 heterocycles. The summed E-state index contributed by atoms with van der Waals surface area (Å²) >= 11 is 0. The predicted octanol–water partition coefficient (Wildman–Crippen LogP) is 2.86. The van der Waals surface area contributed by atoms with E-state index in [1.165, 1.54) is 0 Å². The first-order chi connectivity index (χ1) is 11.7. The van der Waals surface area contributed by atoms with Gasteiger partial charge in [-0.3, -0.25) is 9.59 Å². The van der Waals surface area contributed by atoms with Gasteiger partial charge in [0.2, 0.25) is 5.91 Å². The van der Waals surface area contributed by atoms with Crippen molar-refractivity contribution in [2.45, 2.75) is 31.7 Å². The number of aromatic nitrogens is 1. The Morgan fingerprint density at radius 2 is 2.12 bits per heavy atom. The molecule has 4 rings (SSSR count). The van der Waals surface area contributed by atoms with Crippen LogP contribution in [0.4, 0.5) is 5.69 Å². The van der Waals surface area contributed by atoms with Crippen LogP contribution >= 0.6 is 0 Å². The van der Waals surface area contributed by atoms with Crippen molar-refractivity contribution in [2.24, 2.45) is 0 Å². The van der Waals surface area contributed by atoms with Crippen molar-refractivity contribution in [3.8, 4) is 6.07 Å². The van der Waals surface area contributed by atoms with Gasteiger partial charge in [-0.05, 0) is 55.2 Å². The van der Waals surface area contributed by atoms with Gasteiger partial charge in [0.05, 0.1) is 17.3 Å². The predicted molar refractivity (Wildman–Crippen MR) is 88.9 cm³/mol. The van der Waals surface area contributed by atoms with Crippen LogP contribution < -0.4 is 4.90 Å². The first kappa shape index (κ1) is 14.7. The molecule has 0 saturated heterocycles. The Kier molecular flexibility index (Phi) is 3.46. The molecule has 0 aliphatic carbocycles. The Morgan fingerprint density at radius 1 is 1.25 bits per heavy atom. The Labute approximate surface area is 140 Å². The lowest BCUT2D eigenvalue weighted by Gasteiger charge is -2.34. The third-order valence-corrected chi connectivity index (χ3v) is 4.92. The van der Waals surface area contributed by atoms with Gasteiger partial charge in [-0.2, -0.15) is 5.26 Å². The van der Waals surface area contributed by atoms with Crippen LogP contribution in [-0.4, -0.2) is 22.8 Å². The van der Waals surface area contributed by atoms with Crippen LogP contribution in [0.5, 0.6) is 0 Å². The Bertz CT molecular complexity index is 875. The van der Waals surface area contributed by atoms with E-state index in [2.05, 4.69) is 6.07 Å². The zero-order valence-electron chi connectivity index (χ0n) is 13.2. The third-order valence-electron chi connectivity index (χ3n) is 4.92. The van der Waals surface area contributed by atoms with Gasteiger partial charge in [0.25, 0.3) is 0 Å². The minimum atomic E-state index is -0.325. The molecule has 0 radical (unpaired) electrons. The molecule has 5 heteroatoms. The molecule has 1 aromatic carbocycles. The van der Waals surface area contributed by atoms with Crippen molar-refractivity contribution in [1.29, 1.82) is 5.26 Å². The number of amides is 1. The van der Waals surface area contributed by atoms with Crippen LogP contribution in [0, 0.1) is 11.3 Å². The number of anilines is 1. The molecule has 0 fully saturated rings. The number of Topliss-reactive ketones (excluding diaryl/α,β-unsaturated/α-hetero) is 1. The van der Waals surface area contributed by atoms with E-state index in [4.69, 9.17) is 5.26 Å². The normalized spacial score (nSPS) is 19.4. The number of fused-ring (bicyclic) bond motifs is 2. The zero-order chi connectivity index (χ0) is 16.7. The highest BCUT2D eigenvalue weighted by Crippen LogP contribution is 2.33. The lowest BCUT2D eigenvalue weighted by atomic mass is 9.96. The van der Waals surface area contributed by atoms with Crippen LogP contribution in [0.2, 0.25) is 0 Å². The van der Waals surface area contributed by atoms with E-state index in [1.54, 1.807) is 12.1 Å². The first-order valence-electron chi connectivity index (χ1n) is 8.23. The standard InChI is InChI=1S/C19H17N3O2/c20-12-13-5-6-15-14(11-13)3-1-10-22(15)19(24)17-7-8-18(23)16-4-2-9-21(16)17/h2,4-6,9,11,17H,1,3,7-8,10H2. The van der Waals surface area contributed by atoms with E-state index in [0.717, 1.165) is 24.1 Å². The first-order valence-corrected chi connectivity index (χ1v) is 8.23. The van der Waals surface area contributed by atoms with E-state index in [-0.39, 0.29) is 17.7 Å². The molecule has 120 valence electrons. The molecule has 2 aliphatic rings. The van der Waals surface area contributed by atoms with Gasteiger partial charge in [-0.1, -0.05) is 0 Å². The van der Waals surface area contributed by atoms with Crippen LogP contribution in [0.25, 0.3) is 0 Å². The minimum Gasteiger partial charge on any atom is -0.333 e. The highest BCUT2D eigenvalue weighted by molar-refractivity contribution is 6.01. The molecular weight excluding hydrogens is 302 g/mol. The van der Waals surface area contributed by atoms with E-state index < -0.39 is 0 Å². The molecule has 0 N–H and O–H groups in total. The van der Waals surface area contributed by atoms with E-state index in [0.29, 0.717) is 30.6 Å². The summed E-state index contributed by atoms with van der Waals surface area (Å²) in [5, 5.41) is 9.06. The topological polar surface area (TPSA) is 66.1 Å². The van der Waals surface area contributed by atoms with Crippen LogP contribution in [0.3, 0.4) is 0 Å². The van der Waals surface area contributed by atoms with Crippen molar-refractivity contribution in [1.82, 2.24) is 4.57 Å². The summed E-state index contributed by atoms with van der Waals surface area (Å²) in [6.07, 6.45) is 4.54. The second-order valence-corrected chi connectivity index (χ2v) is 6.33. The fraction of sp³-hybridized carbons (Fsp3) is 0.316. The number of hydrogen-bond donors (Lipinski definition) is 0. The number of carbonyl (C=O) groups is 2. The van der Waals surface area contributed by atoms with Gasteiger partial charge < -0.3 is 9.47 Å². The summed E-state index contributed by atoms with van der Waals surface area (Å²) in [4.78, 5) is 27.0. The number of nitrogens with zero attached hydrogens (tertiary/aromatic N) is 3. The third kappa shape index (κ3) is 2.23. The Morgan fingerprint density at radius 3 is 2.96 bits per heavy atom. The molecule has 0 spiro atoms. The number of carbonyl (C=O) groups excluding carboxylic acids is 2. The lowest BCUT2D eigenvalue weighted by molar-refractivity contribution is -0.122. The molecule has 2 aromatic rings. The number of rotatable bonds is 1. The number of nitriles is 1. The molecule has 0 saturated carbocycles. The summed E-state index contributed by atoms with van der Waals surface area (Å²) in [5.41, 5.74) is 3.19. The minimum absolute atomic E-state index is 0.0330. The van der Waals surface area contributed by atoms with Gasteiger partial charge in [0.1, 0.15) is 6.04 Å². The summed E-state index contributed by atoms with van der Waals surface area (Å²) in [6.45, 7) is 0.679. The summed E-state index contributed by atoms with van der Waals surface area (Å²) in [6, 6.07) is 10.9. The number of benzene rings is 1. The summed E-state index contributed by atoms with van der Waals surface area (Å²) in [7, 11) is 0. The average molecular weight is 319 g/mol. The van der Waals surface area contributed by atoms with E-state index in [9.17, 15) is 9.59 Å². The van der Waals surface area contributed by atoms with Gasteiger partial charge >= 0.3 is 0 Å². The lowest BCUT2D eigenvalue weighted by Crippen LogP contribution is -2.42. The molecule has 1 amide bonds. The average Bonchev–Trinajstić information content (AvgIpc) is 3.11. The largest absolute Gasteiger partial charge is 0.333 e. The highest BCUT2D eigenvalue weighted by Gasteiger charge is 2.34. The molecule has 1 atom stereocenters. The molecule has 24 heavy (non-hydrogen) atoms. The monoisotopic (exact) mass is 319 g/mol. The maximum Gasteiger partial charge on any atom is 0.250 e. The van der Waals surface area contributed by atoms with Gasteiger partial charge in [-0.25, -0.2) is 0 Å². The molecule has 1 aromatic heterocycles. The van der Waals surface area contributed by atoms with Gasteiger partial charge in [-0.15, -0.1) is 0 Å². The number of hydrogen-bond acceptors (Lipinski definition) is 3. The second-order valence-electron chi connectivity index (χ2n) is 6.33. The van der Waals surface area contributed by atoms with Crippen LogP contribution in [0.1, 0.15) is 46.9 Å². The van der Waals surface area contributed by atoms with Gasteiger partial charge in [0, 0.05) is 24.8 Å². The summed E-state index contributed by atoms with van der Waals surface area (Å²) in [5.74, 6) is 0.132. The SMILES string of the molecule is N#Cc1ccc2c(c1)CCCN2C(=O)C1CCC(=O)c2cccn21. The van der Waals surface area contributed by atoms with Crippen molar-refractivity contribution < 1.29 is 9.59 Å². The number of ketones is 1. The fourth-order valence-corrected chi connectivity index (χ4v) is 3.75.